The third kappa shape index (κ3) is 1.64. The van der Waals surface area contributed by atoms with Crippen LogP contribution in [0.3, 0.4) is 0 Å². The molecule has 3 heteroatoms. The number of hydrogen-bond donors (Lipinski definition) is 1. The Morgan fingerprint density at radius 3 is 2.29 bits per heavy atom. The maximum Gasteiger partial charge on any atom is 0.239 e. The van der Waals surface area contributed by atoms with Crippen LogP contribution >= 0.6 is 0 Å². The normalized spacial score (nSPS) is 19.4. The quantitative estimate of drug-likeness (QED) is 0.783. The first-order valence-electron chi connectivity index (χ1n) is 4.77. The predicted molar refractivity (Wildman–Crippen MR) is 51.6 cm³/mol. The van der Waals surface area contributed by atoms with E-state index in [4.69, 9.17) is 0 Å². The molecule has 0 aromatic heterocycles. The van der Waals surface area contributed by atoms with Crippen molar-refractivity contribution >= 4 is 0 Å². The van der Waals surface area contributed by atoms with Gasteiger partial charge in [0.25, 0.3) is 0 Å². The van der Waals surface area contributed by atoms with E-state index in [0.29, 0.717) is 13.1 Å². The first-order chi connectivity index (χ1) is 6.73. The Bertz CT molecular complexity index is 293. The summed E-state index contributed by atoms with van der Waals surface area (Å²) in [5, 5.41) is 3.07. The number of rotatable bonds is 3. The van der Waals surface area contributed by atoms with Crippen molar-refractivity contribution < 1.29 is 8.78 Å². The van der Waals surface area contributed by atoms with Gasteiger partial charge in [0.05, 0.1) is 0 Å². The van der Waals surface area contributed by atoms with Crippen molar-refractivity contribution in [2.45, 2.75) is 18.3 Å². The maximum absolute atomic E-state index is 12.4. The summed E-state index contributed by atoms with van der Waals surface area (Å²) < 4.78 is 24.8. The molecule has 0 spiro atoms. The van der Waals surface area contributed by atoms with E-state index in [9.17, 15) is 8.78 Å². The third-order valence-electron chi connectivity index (χ3n) is 2.86. The van der Waals surface area contributed by atoms with E-state index in [-0.39, 0.29) is 11.8 Å². The number of hydrogen-bond acceptors (Lipinski definition) is 1. The highest BCUT2D eigenvalue weighted by atomic mass is 19.3. The van der Waals surface area contributed by atoms with Crippen molar-refractivity contribution in [3.05, 3.63) is 35.9 Å². The van der Waals surface area contributed by atoms with E-state index in [1.54, 1.807) is 0 Å². The van der Waals surface area contributed by atoms with Gasteiger partial charge in [0.15, 0.2) is 0 Å². The highest BCUT2D eigenvalue weighted by molar-refractivity contribution is 5.29. The van der Waals surface area contributed by atoms with Gasteiger partial charge in [-0.3, -0.25) is 0 Å². The molecule has 1 heterocycles. The molecule has 0 atom stereocenters. The Morgan fingerprint density at radius 1 is 1.21 bits per heavy atom. The zero-order chi connectivity index (χ0) is 10.0. The lowest BCUT2D eigenvalue weighted by Gasteiger charge is -2.43. The van der Waals surface area contributed by atoms with Crippen molar-refractivity contribution in [3.63, 3.8) is 0 Å². The van der Waals surface area contributed by atoms with E-state index in [1.165, 1.54) is 0 Å². The fourth-order valence-electron chi connectivity index (χ4n) is 1.98. The minimum Gasteiger partial charge on any atom is -0.315 e. The van der Waals surface area contributed by atoms with Crippen LogP contribution in [0.4, 0.5) is 8.78 Å². The summed E-state index contributed by atoms with van der Waals surface area (Å²) in [7, 11) is 0. The molecule has 0 saturated carbocycles. The van der Waals surface area contributed by atoms with Crippen LogP contribution in [-0.2, 0) is 5.41 Å². The molecule has 0 aliphatic carbocycles. The number of benzene rings is 1. The molecule has 1 fully saturated rings. The van der Waals surface area contributed by atoms with Crippen molar-refractivity contribution in [1.29, 1.82) is 0 Å². The summed E-state index contributed by atoms with van der Waals surface area (Å²) >= 11 is 0. The van der Waals surface area contributed by atoms with E-state index in [2.05, 4.69) is 5.32 Å². The largest absolute Gasteiger partial charge is 0.315 e. The Labute approximate surface area is 82.1 Å². The lowest BCUT2D eigenvalue weighted by Crippen LogP contribution is -2.57. The summed E-state index contributed by atoms with van der Waals surface area (Å²) in [5.41, 5.74) is 0.703. The standard InChI is InChI=1S/C11H13F2N/c12-10(13)6-11(7-14-8-11)9-4-2-1-3-5-9/h1-5,10,14H,6-8H2. The van der Waals surface area contributed by atoms with Crippen LogP contribution in [0.15, 0.2) is 30.3 Å². The maximum atomic E-state index is 12.4. The minimum absolute atomic E-state index is 0.0377. The van der Waals surface area contributed by atoms with Gasteiger partial charge in [0.2, 0.25) is 6.43 Å². The van der Waals surface area contributed by atoms with Gasteiger partial charge in [-0.25, -0.2) is 8.78 Å². The van der Waals surface area contributed by atoms with Gasteiger partial charge >= 0.3 is 0 Å². The molecule has 1 aliphatic heterocycles. The monoisotopic (exact) mass is 197 g/mol. The average Bonchev–Trinajstić information content (AvgIpc) is 2.12. The van der Waals surface area contributed by atoms with Crippen LogP contribution in [0.25, 0.3) is 0 Å². The Morgan fingerprint density at radius 2 is 1.86 bits per heavy atom. The molecule has 1 saturated heterocycles. The van der Waals surface area contributed by atoms with Crippen molar-refractivity contribution in [2.75, 3.05) is 13.1 Å². The molecule has 1 aromatic carbocycles. The van der Waals surface area contributed by atoms with Gasteiger partial charge in [-0.05, 0) is 5.56 Å². The lowest BCUT2D eigenvalue weighted by molar-refractivity contribution is 0.0817. The van der Waals surface area contributed by atoms with Crippen molar-refractivity contribution in [3.8, 4) is 0 Å². The first-order valence-corrected chi connectivity index (χ1v) is 4.77. The fraction of sp³-hybridized carbons (Fsp3) is 0.455. The summed E-state index contributed by atoms with van der Waals surface area (Å²) in [6.45, 7) is 1.34. The van der Waals surface area contributed by atoms with Crippen molar-refractivity contribution in [2.24, 2.45) is 0 Å². The second kappa shape index (κ2) is 3.65. The van der Waals surface area contributed by atoms with E-state index < -0.39 is 6.43 Å². The molecule has 0 radical (unpaired) electrons. The Kier molecular flexibility index (Phi) is 2.50. The van der Waals surface area contributed by atoms with E-state index >= 15 is 0 Å². The van der Waals surface area contributed by atoms with Crippen LogP contribution in [0, 0.1) is 0 Å². The van der Waals surface area contributed by atoms with Gasteiger partial charge < -0.3 is 5.32 Å². The average molecular weight is 197 g/mol. The van der Waals surface area contributed by atoms with Gasteiger partial charge in [-0.1, -0.05) is 30.3 Å². The summed E-state index contributed by atoms with van der Waals surface area (Å²) in [6, 6.07) is 9.58. The molecule has 1 N–H and O–H groups in total. The minimum atomic E-state index is -2.22. The summed E-state index contributed by atoms with van der Waals surface area (Å²) in [4.78, 5) is 0. The number of halogens is 2. The van der Waals surface area contributed by atoms with Crippen LogP contribution in [0.2, 0.25) is 0 Å². The van der Waals surface area contributed by atoms with Gasteiger partial charge in [-0.2, -0.15) is 0 Å². The van der Waals surface area contributed by atoms with Crippen molar-refractivity contribution in [1.82, 2.24) is 5.32 Å². The molecule has 2 rings (SSSR count). The smallest absolute Gasteiger partial charge is 0.239 e. The van der Waals surface area contributed by atoms with E-state index in [0.717, 1.165) is 5.56 Å². The zero-order valence-corrected chi connectivity index (χ0v) is 7.84. The second-order valence-corrected chi connectivity index (χ2v) is 3.85. The summed E-state index contributed by atoms with van der Waals surface area (Å²) in [5.74, 6) is 0. The zero-order valence-electron chi connectivity index (χ0n) is 7.84. The lowest BCUT2D eigenvalue weighted by atomic mass is 9.73. The van der Waals surface area contributed by atoms with Gasteiger partial charge in [-0.15, -0.1) is 0 Å². The van der Waals surface area contributed by atoms with Crippen LogP contribution in [-0.4, -0.2) is 19.5 Å². The Balaban J connectivity index is 2.20. The first kappa shape index (κ1) is 9.59. The molecular formula is C11H13F2N. The Hall–Kier alpha value is -0.960. The second-order valence-electron chi connectivity index (χ2n) is 3.85. The van der Waals surface area contributed by atoms with Crippen LogP contribution < -0.4 is 5.32 Å². The van der Waals surface area contributed by atoms with E-state index in [1.807, 2.05) is 30.3 Å². The molecule has 1 nitrogen and oxygen atoms in total. The van der Waals surface area contributed by atoms with Gasteiger partial charge in [0.1, 0.15) is 0 Å². The third-order valence-corrected chi connectivity index (χ3v) is 2.86. The molecule has 0 amide bonds. The highest BCUT2D eigenvalue weighted by Gasteiger charge is 2.40. The molecule has 1 aliphatic rings. The fourth-order valence-corrected chi connectivity index (χ4v) is 1.98. The topological polar surface area (TPSA) is 12.0 Å². The molecule has 76 valence electrons. The molecular weight excluding hydrogens is 184 g/mol. The highest BCUT2D eigenvalue weighted by Crippen LogP contribution is 2.34. The molecule has 1 aromatic rings. The predicted octanol–water partition coefficient (Wildman–Crippen LogP) is 2.18. The van der Waals surface area contributed by atoms with Gasteiger partial charge in [0, 0.05) is 24.9 Å². The van der Waals surface area contributed by atoms with Crippen LogP contribution in [0.5, 0.6) is 0 Å². The van der Waals surface area contributed by atoms with Crippen LogP contribution in [0.1, 0.15) is 12.0 Å². The number of alkyl halides is 2. The number of nitrogens with one attached hydrogen (secondary N) is 1. The molecule has 0 bridgehead atoms. The summed E-state index contributed by atoms with van der Waals surface area (Å²) in [6.07, 6.45) is -2.26. The SMILES string of the molecule is FC(F)CC1(c2ccccc2)CNC1. The molecule has 0 unspecified atom stereocenters. The molecule has 14 heavy (non-hydrogen) atoms.